The molecule has 0 saturated carbocycles. The SMILES string of the molecule is C[C@H](NC(=O)[C@@H]1Cc2cc([N+](=O)[O-])ccc2N2CCN(c3ccccc3)C[C@@H]12)c1ccccc1. The molecular formula is C27H28N4O3. The Hall–Kier alpha value is -3.87. The van der Waals surface area contributed by atoms with E-state index in [-0.39, 0.29) is 34.5 Å². The number of amides is 1. The van der Waals surface area contributed by atoms with Gasteiger partial charge >= 0.3 is 0 Å². The van der Waals surface area contributed by atoms with Gasteiger partial charge in [-0.15, -0.1) is 0 Å². The van der Waals surface area contributed by atoms with Crippen LogP contribution in [0.5, 0.6) is 0 Å². The number of carbonyl (C=O) groups excluding carboxylic acids is 1. The van der Waals surface area contributed by atoms with Crippen LogP contribution in [0.2, 0.25) is 0 Å². The molecule has 2 aliphatic heterocycles. The average Bonchev–Trinajstić information content (AvgIpc) is 2.88. The summed E-state index contributed by atoms with van der Waals surface area (Å²) in [5, 5.41) is 14.6. The smallest absolute Gasteiger partial charge is 0.269 e. The molecule has 174 valence electrons. The highest BCUT2D eigenvalue weighted by Gasteiger charge is 2.42. The first kappa shape index (κ1) is 21.9. The summed E-state index contributed by atoms with van der Waals surface area (Å²) in [6.07, 6.45) is 0.480. The minimum atomic E-state index is -0.369. The van der Waals surface area contributed by atoms with Crippen LogP contribution in [0.25, 0.3) is 0 Å². The number of hydrogen-bond donors (Lipinski definition) is 1. The van der Waals surface area contributed by atoms with E-state index in [1.165, 1.54) is 0 Å². The highest BCUT2D eigenvalue weighted by atomic mass is 16.6. The fraction of sp³-hybridized carbons (Fsp3) is 0.296. The van der Waals surface area contributed by atoms with E-state index in [4.69, 9.17) is 0 Å². The van der Waals surface area contributed by atoms with Gasteiger partial charge in [0.25, 0.3) is 5.69 Å². The summed E-state index contributed by atoms with van der Waals surface area (Å²) in [6.45, 7) is 4.29. The van der Waals surface area contributed by atoms with Crippen molar-refractivity contribution in [2.45, 2.75) is 25.4 Å². The van der Waals surface area contributed by atoms with Crippen molar-refractivity contribution in [1.82, 2.24) is 5.32 Å². The number of fused-ring (bicyclic) bond motifs is 3. The number of hydrogen-bond acceptors (Lipinski definition) is 5. The lowest BCUT2D eigenvalue weighted by Crippen LogP contribution is -2.61. The maximum absolute atomic E-state index is 13.6. The van der Waals surface area contributed by atoms with Gasteiger partial charge in [0, 0.05) is 43.1 Å². The minimum absolute atomic E-state index is 0.0154. The van der Waals surface area contributed by atoms with Gasteiger partial charge in [-0.1, -0.05) is 48.5 Å². The number of benzene rings is 3. The molecule has 7 heteroatoms. The number of piperazine rings is 1. The highest BCUT2D eigenvalue weighted by molar-refractivity contribution is 5.83. The third kappa shape index (κ3) is 4.21. The Kier molecular flexibility index (Phi) is 5.92. The lowest BCUT2D eigenvalue weighted by atomic mass is 9.82. The van der Waals surface area contributed by atoms with Gasteiger partial charge in [0.2, 0.25) is 5.91 Å². The van der Waals surface area contributed by atoms with Crippen molar-refractivity contribution in [3.63, 3.8) is 0 Å². The summed E-state index contributed by atoms with van der Waals surface area (Å²) < 4.78 is 0. The second-order valence-electron chi connectivity index (χ2n) is 9.06. The van der Waals surface area contributed by atoms with Crippen LogP contribution in [0.15, 0.2) is 78.9 Å². The largest absolute Gasteiger partial charge is 0.368 e. The summed E-state index contributed by atoms with van der Waals surface area (Å²) in [5.74, 6) is -0.328. The van der Waals surface area contributed by atoms with Crippen LogP contribution in [0, 0.1) is 16.0 Å². The predicted molar refractivity (Wildman–Crippen MR) is 133 cm³/mol. The second-order valence-corrected chi connectivity index (χ2v) is 9.06. The first-order valence-corrected chi connectivity index (χ1v) is 11.7. The first-order valence-electron chi connectivity index (χ1n) is 11.7. The Labute approximate surface area is 199 Å². The zero-order valence-corrected chi connectivity index (χ0v) is 19.1. The van der Waals surface area contributed by atoms with Crippen molar-refractivity contribution in [2.24, 2.45) is 5.92 Å². The highest BCUT2D eigenvalue weighted by Crippen LogP contribution is 2.38. The van der Waals surface area contributed by atoms with Crippen molar-refractivity contribution < 1.29 is 9.72 Å². The predicted octanol–water partition coefficient (Wildman–Crippen LogP) is 4.34. The number of nitro benzene ring substituents is 1. The van der Waals surface area contributed by atoms with Gasteiger partial charge < -0.3 is 15.1 Å². The third-order valence-electron chi connectivity index (χ3n) is 7.02. The van der Waals surface area contributed by atoms with Gasteiger partial charge in [-0.3, -0.25) is 14.9 Å². The molecule has 1 fully saturated rings. The van der Waals surface area contributed by atoms with Crippen LogP contribution in [0.3, 0.4) is 0 Å². The van der Waals surface area contributed by atoms with E-state index >= 15 is 0 Å². The van der Waals surface area contributed by atoms with Crippen LogP contribution in [0.4, 0.5) is 17.1 Å². The lowest BCUT2D eigenvalue weighted by molar-refractivity contribution is -0.384. The van der Waals surface area contributed by atoms with E-state index in [1.54, 1.807) is 12.1 Å². The molecule has 5 rings (SSSR count). The summed E-state index contributed by atoms with van der Waals surface area (Å²) in [4.78, 5) is 29.3. The van der Waals surface area contributed by atoms with Gasteiger partial charge in [-0.2, -0.15) is 0 Å². The van der Waals surface area contributed by atoms with Crippen molar-refractivity contribution in [2.75, 3.05) is 29.4 Å². The van der Waals surface area contributed by atoms with Crippen LogP contribution in [-0.4, -0.2) is 36.5 Å². The van der Waals surface area contributed by atoms with Gasteiger partial charge in [0.05, 0.1) is 22.9 Å². The molecular weight excluding hydrogens is 428 g/mol. The van der Waals surface area contributed by atoms with E-state index in [1.807, 2.05) is 61.5 Å². The van der Waals surface area contributed by atoms with Gasteiger partial charge in [-0.25, -0.2) is 0 Å². The van der Waals surface area contributed by atoms with Crippen LogP contribution < -0.4 is 15.1 Å². The maximum Gasteiger partial charge on any atom is 0.269 e. The number of nitro groups is 1. The molecule has 0 aliphatic carbocycles. The number of carbonyl (C=O) groups is 1. The van der Waals surface area contributed by atoms with Crippen molar-refractivity contribution in [3.05, 3.63) is 100 Å². The van der Waals surface area contributed by atoms with E-state index < -0.39 is 0 Å². The number of non-ortho nitro benzene ring substituents is 1. The fourth-order valence-electron chi connectivity index (χ4n) is 5.24. The molecule has 34 heavy (non-hydrogen) atoms. The molecule has 7 nitrogen and oxygen atoms in total. The van der Waals surface area contributed by atoms with Crippen molar-refractivity contribution >= 4 is 23.0 Å². The summed E-state index contributed by atoms with van der Waals surface area (Å²) in [7, 11) is 0. The molecule has 2 heterocycles. The fourth-order valence-corrected chi connectivity index (χ4v) is 5.24. The van der Waals surface area contributed by atoms with E-state index in [0.717, 1.165) is 42.1 Å². The van der Waals surface area contributed by atoms with Gasteiger partial charge in [0.15, 0.2) is 0 Å². The molecule has 0 unspecified atom stereocenters. The molecule has 1 N–H and O–H groups in total. The Balaban J connectivity index is 1.46. The van der Waals surface area contributed by atoms with Gasteiger partial charge in [0.1, 0.15) is 0 Å². The van der Waals surface area contributed by atoms with Crippen LogP contribution in [-0.2, 0) is 11.2 Å². The first-order chi connectivity index (χ1) is 16.5. The van der Waals surface area contributed by atoms with E-state index in [2.05, 4.69) is 27.2 Å². The summed E-state index contributed by atoms with van der Waals surface area (Å²) in [6, 6.07) is 25.1. The minimum Gasteiger partial charge on any atom is -0.368 e. The number of para-hydroxylation sites is 1. The summed E-state index contributed by atoms with van der Waals surface area (Å²) >= 11 is 0. The molecule has 1 amide bonds. The van der Waals surface area contributed by atoms with E-state index in [0.29, 0.717) is 6.42 Å². The zero-order valence-electron chi connectivity index (χ0n) is 19.1. The number of anilines is 2. The molecule has 0 bridgehead atoms. The molecule has 0 aromatic heterocycles. The molecule has 0 spiro atoms. The van der Waals surface area contributed by atoms with Crippen molar-refractivity contribution in [3.8, 4) is 0 Å². The van der Waals surface area contributed by atoms with Crippen LogP contribution in [0.1, 0.15) is 24.1 Å². The standard InChI is InChI=1S/C27H28N4O3/c1-19(20-8-4-2-5-9-20)28-27(32)24-17-21-16-23(31(33)34)12-13-25(21)30-15-14-29(18-26(24)30)22-10-6-3-7-11-22/h2-13,16,19,24,26H,14-15,17-18H2,1H3,(H,28,32)/t19-,24+,26-/m0/s1. The Morgan fingerprint density at radius 2 is 1.74 bits per heavy atom. The van der Waals surface area contributed by atoms with E-state index in [9.17, 15) is 14.9 Å². The molecule has 0 radical (unpaired) electrons. The lowest BCUT2D eigenvalue weighted by Gasteiger charge is -2.49. The number of nitrogens with one attached hydrogen (secondary N) is 1. The maximum atomic E-state index is 13.6. The molecule has 1 saturated heterocycles. The van der Waals surface area contributed by atoms with Crippen LogP contribution >= 0.6 is 0 Å². The number of nitrogens with zero attached hydrogens (tertiary/aromatic N) is 3. The third-order valence-corrected chi connectivity index (χ3v) is 7.02. The molecule has 2 aliphatic rings. The number of rotatable bonds is 5. The van der Waals surface area contributed by atoms with Gasteiger partial charge in [-0.05, 0) is 42.7 Å². The quantitative estimate of drug-likeness (QED) is 0.456. The molecule has 3 aromatic rings. The van der Waals surface area contributed by atoms with Crippen molar-refractivity contribution in [1.29, 1.82) is 0 Å². The Morgan fingerprint density at radius 3 is 2.44 bits per heavy atom. The monoisotopic (exact) mass is 456 g/mol. The second kappa shape index (κ2) is 9.17. The normalized spacial score (nSPS) is 20.1. The average molecular weight is 457 g/mol. The molecule has 3 aromatic carbocycles. The summed E-state index contributed by atoms with van der Waals surface area (Å²) in [5.41, 5.74) is 4.13. The zero-order chi connectivity index (χ0) is 23.7. The topological polar surface area (TPSA) is 78.7 Å². The Bertz CT molecular complexity index is 1180. The Morgan fingerprint density at radius 1 is 1.03 bits per heavy atom. The molecule has 3 atom stereocenters.